The molecule has 1 rings (SSSR count). The van der Waals surface area contributed by atoms with Crippen LogP contribution in [0.2, 0.25) is 0 Å². The van der Waals surface area contributed by atoms with Gasteiger partial charge in [-0.25, -0.2) is 0 Å². The van der Waals surface area contributed by atoms with Crippen LogP contribution in [-0.4, -0.2) is 41.1 Å². The van der Waals surface area contributed by atoms with Gasteiger partial charge >= 0.3 is 0 Å². The Bertz CT molecular complexity index is 273. The Morgan fingerprint density at radius 1 is 1.39 bits per heavy atom. The molecule has 0 bridgehead atoms. The van der Waals surface area contributed by atoms with Gasteiger partial charge in [0.2, 0.25) is 5.91 Å². The summed E-state index contributed by atoms with van der Waals surface area (Å²) >= 11 is 1.88. The van der Waals surface area contributed by atoms with Crippen molar-refractivity contribution in [3.8, 4) is 0 Å². The van der Waals surface area contributed by atoms with Gasteiger partial charge in [-0.3, -0.25) is 10.1 Å². The van der Waals surface area contributed by atoms with Gasteiger partial charge in [-0.05, 0) is 44.6 Å². The third-order valence-corrected chi connectivity index (χ3v) is 4.56. The second-order valence-electron chi connectivity index (χ2n) is 5.33. The molecule has 106 valence electrons. The van der Waals surface area contributed by atoms with E-state index in [1.54, 1.807) is 0 Å². The van der Waals surface area contributed by atoms with E-state index in [-0.39, 0.29) is 11.7 Å². The first-order valence-electron chi connectivity index (χ1n) is 7.16. The van der Waals surface area contributed by atoms with E-state index in [4.69, 9.17) is 0 Å². The van der Waals surface area contributed by atoms with Gasteiger partial charge in [0.15, 0.2) is 0 Å². The minimum absolute atomic E-state index is 0.252. The van der Waals surface area contributed by atoms with Gasteiger partial charge in [0.25, 0.3) is 0 Å². The number of rotatable bonds is 8. The van der Waals surface area contributed by atoms with Crippen molar-refractivity contribution in [2.24, 2.45) is 0 Å². The minimum Gasteiger partial charge on any atom is -0.326 e. The molecule has 0 radical (unpaired) electrons. The SMILES string of the molecule is CCCC1NC(C)(CC)C(=O)N1CCCCSC. The molecule has 1 saturated heterocycles. The lowest BCUT2D eigenvalue weighted by Gasteiger charge is -2.23. The second-order valence-corrected chi connectivity index (χ2v) is 6.32. The van der Waals surface area contributed by atoms with Crippen LogP contribution >= 0.6 is 11.8 Å². The number of amides is 1. The number of unbranched alkanes of at least 4 members (excludes halogenated alkanes) is 1. The van der Waals surface area contributed by atoms with Crippen molar-refractivity contribution < 1.29 is 4.79 Å². The van der Waals surface area contributed by atoms with Crippen molar-refractivity contribution >= 4 is 17.7 Å². The van der Waals surface area contributed by atoms with E-state index in [2.05, 4.69) is 30.3 Å². The van der Waals surface area contributed by atoms with Crippen molar-refractivity contribution in [2.45, 2.75) is 64.6 Å². The summed E-state index contributed by atoms with van der Waals surface area (Å²) in [5, 5.41) is 3.53. The summed E-state index contributed by atoms with van der Waals surface area (Å²) in [6.45, 7) is 7.22. The molecule has 2 unspecified atom stereocenters. The Morgan fingerprint density at radius 3 is 2.67 bits per heavy atom. The quantitative estimate of drug-likeness (QED) is 0.690. The number of carbonyl (C=O) groups excluding carboxylic acids is 1. The van der Waals surface area contributed by atoms with E-state index < -0.39 is 0 Å². The Labute approximate surface area is 116 Å². The summed E-state index contributed by atoms with van der Waals surface area (Å²) in [5.41, 5.74) is -0.334. The Morgan fingerprint density at radius 2 is 2.11 bits per heavy atom. The van der Waals surface area contributed by atoms with Crippen molar-refractivity contribution in [3.63, 3.8) is 0 Å². The summed E-state index contributed by atoms with van der Waals surface area (Å²) in [6, 6.07) is 0. The number of nitrogens with one attached hydrogen (secondary N) is 1. The molecule has 0 aromatic rings. The van der Waals surface area contributed by atoms with Crippen molar-refractivity contribution in [1.82, 2.24) is 10.2 Å². The van der Waals surface area contributed by atoms with Crippen molar-refractivity contribution in [3.05, 3.63) is 0 Å². The summed E-state index contributed by atoms with van der Waals surface area (Å²) < 4.78 is 0. The van der Waals surface area contributed by atoms with Crippen LogP contribution < -0.4 is 5.32 Å². The van der Waals surface area contributed by atoms with Gasteiger partial charge in [0, 0.05) is 6.54 Å². The molecule has 0 saturated carbocycles. The van der Waals surface area contributed by atoms with Gasteiger partial charge in [0.05, 0.1) is 11.7 Å². The third-order valence-electron chi connectivity index (χ3n) is 3.86. The maximum Gasteiger partial charge on any atom is 0.243 e. The topological polar surface area (TPSA) is 32.3 Å². The lowest BCUT2D eigenvalue weighted by molar-refractivity contribution is -0.133. The van der Waals surface area contributed by atoms with Gasteiger partial charge in [-0.1, -0.05) is 20.3 Å². The highest BCUT2D eigenvalue weighted by atomic mass is 32.2. The molecule has 3 nitrogen and oxygen atoms in total. The molecule has 2 atom stereocenters. The summed E-state index contributed by atoms with van der Waals surface area (Å²) in [5.74, 6) is 1.49. The standard InChI is InChI=1S/C14H28N2OS/c1-5-9-12-15-14(3,6-2)13(17)16(12)10-7-8-11-18-4/h12,15H,5-11H2,1-4H3. The molecule has 1 aliphatic heterocycles. The van der Waals surface area contributed by atoms with E-state index in [0.29, 0.717) is 5.91 Å². The lowest BCUT2D eigenvalue weighted by atomic mass is 9.99. The number of hydrogen-bond acceptors (Lipinski definition) is 3. The van der Waals surface area contributed by atoms with Crippen LogP contribution in [0.5, 0.6) is 0 Å². The largest absolute Gasteiger partial charge is 0.326 e. The van der Waals surface area contributed by atoms with Crippen molar-refractivity contribution in [2.75, 3.05) is 18.6 Å². The van der Waals surface area contributed by atoms with Crippen LogP contribution in [0.25, 0.3) is 0 Å². The predicted molar refractivity (Wildman–Crippen MR) is 79.9 cm³/mol. The van der Waals surface area contributed by atoms with Crippen LogP contribution in [0.15, 0.2) is 0 Å². The number of nitrogens with zero attached hydrogens (tertiary/aromatic N) is 1. The van der Waals surface area contributed by atoms with Crippen LogP contribution in [-0.2, 0) is 4.79 Å². The highest BCUT2D eigenvalue weighted by Crippen LogP contribution is 2.26. The Balaban J connectivity index is 2.57. The summed E-state index contributed by atoms with van der Waals surface area (Å²) in [4.78, 5) is 14.5. The molecule has 0 aliphatic carbocycles. The Kier molecular flexibility index (Phi) is 6.50. The van der Waals surface area contributed by atoms with E-state index >= 15 is 0 Å². The molecule has 1 fully saturated rings. The zero-order valence-corrected chi connectivity index (χ0v) is 13.1. The highest BCUT2D eigenvalue weighted by Gasteiger charge is 2.45. The molecular formula is C14H28N2OS. The molecule has 1 aliphatic rings. The molecule has 0 aromatic carbocycles. The fraction of sp³-hybridized carbons (Fsp3) is 0.929. The molecule has 1 amide bonds. The molecule has 1 heterocycles. The zero-order valence-electron chi connectivity index (χ0n) is 12.3. The van der Waals surface area contributed by atoms with Crippen LogP contribution in [0, 0.1) is 0 Å². The van der Waals surface area contributed by atoms with E-state index in [1.165, 1.54) is 12.2 Å². The summed E-state index contributed by atoms with van der Waals surface area (Å²) in [7, 11) is 0. The normalized spacial score (nSPS) is 28.1. The average Bonchev–Trinajstić information content (AvgIpc) is 2.60. The first-order valence-corrected chi connectivity index (χ1v) is 8.56. The fourth-order valence-electron chi connectivity index (χ4n) is 2.51. The van der Waals surface area contributed by atoms with Gasteiger partial charge in [-0.15, -0.1) is 0 Å². The summed E-state index contributed by atoms with van der Waals surface area (Å²) in [6.07, 6.45) is 7.75. The van der Waals surface area contributed by atoms with Crippen molar-refractivity contribution in [1.29, 1.82) is 0 Å². The average molecular weight is 272 g/mol. The number of hydrogen-bond donors (Lipinski definition) is 1. The van der Waals surface area contributed by atoms with Crippen LogP contribution in [0.1, 0.15) is 52.9 Å². The van der Waals surface area contributed by atoms with Crippen LogP contribution in [0.3, 0.4) is 0 Å². The first kappa shape index (κ1) is 15.8. The fourth-order valence-corrected chi connectivity index (χ4v) is 3.00. The van der Waals surface area contributed by atoms with Gasteiger partial charge in [0.1, 0.15) is 0 Å². The predicted octanol–water partition coefficient (Wildman–Crippen LogP) is 2.86. The molecule has 0 spiro atoms. The monoisotopic (exact) mass is 272 g/mol. The van der Waals surface area contributed by atoms with E-state index in [0.717, 1.165) is 32.2 Å². The highest BCUT2D eigenvalue weighted by molar-refractivity contribution is 7.98. The van der Waals surface area contributed by atoms with E-state index in [9.17, 15) is 4.79 Å². The molecule has 1 N–H and O–H groups in total. The van der Waals surface area contributed by atoms with E-state index in [1.807, 2.05) is 18.7 Å². The molecule has 4 heteroatoms. The minimum atomic E-state index is -0.334. The van der Waals surface area contributed by atoms with Gasteiger partial charge in [-0.2, -0.15) is 11.8 Å². The number of carbonyl (C=O) groups is 1. The lowest BCUT2D eigenvalue weighted by Crippen LogP contribution is -2.43. The Hall–Kier alpha value is -0.220. The number of thioether (sulfide) groups is 1. The molecule has 18 heavy (non-hydrogen) atoms. The second kappa shape index (κ2) is 7.39. The zero-order chi connectivity index (χ0) is 13.6. The first-order chi connectivity index (χ1) is 8.59. The smallest absolute Gasteiger partial charge is 0.243 e. The molecule has 0 aromatic heterocycles. The van der Waals surface area contributed by atoms with Gasteiger partial charge < -0.3 is 4.90 Å². The maximum absolute atomic E-state index is 12.5. The van der Waals surface area contributed by atoms with Crippen LogP contribution in [0.4, 0.5) is 0 Å². The molecular weight excluding hydrogens is 244 g/mol. The maximum atomic E-state index is 12.5. The third kappa shape index (κ3) is 3.64.